The van der Waals surface area contributed by atoms with Gasteiger partial charge >= 0.3 is 11.9 Å². The Morgan fingerprint density at radius 1 is 1.07 bits per heavy atom. The molecule has 234 valence electrons. The van der Waals surface area contributed by atoms with Crippen LogP contribution in [0.1, 0.15) is 55.9 Å². The van der Waals surface area contributed by atoms with E-state index in [9.17, 15) is 19.7 Å². The van der Waals surface area contributed by atoms with E-state index >= 15 is 0 Å². The van der Waals surface area contributed by atoms with Crippen molar-refractivity contribution in [2.75, 3.05) is 19.8 Å². The molecule has 1 aromatic heterocycles. The van der Waals surface area contributed by atoms with Crippen molar-refractivity contribution in [2.24, 2.45) is 10.9 Å². The number of aliphatic imine (C=N–C) groups is 1. The number of aromatic nitrogens is 1. The number of hydrogen-bond donors (Lipinski definition) is 0. The zero-order chi connectivity index (χ0) is 32.3. The first-order valence-electron chi connectivity index (χ1n) is 14.8. The van der Waals surface area contributed by atoms with Gasteiger partial charge in [0.2, 0.25) is 0 Å². The fourth-order valence-corrected chi connectivity index (χ4v) is 5.28. The second-order valence-corrected chi connectivity index (χ2v) is 10.7. The highest BCUT2D eigenvalue weighted by atomic mass is 16.6. The standard InChI is InChI=1S/C35H37N3O7/c1-5-44-34(39)31-24(3)37-25(4)32(33(31)29-11-6-12-30(20-29)38(41)42)35(40)45-23(2)22-43-18-8-10-26-13-15-27(16-14-26)19-28-9-7-17-36-21-28/h6-17,20-21,23,31,33H,5,18-19,22H2,1-4H3. The van der Waals surface area contributed by atoms with Gasteiger partial charge in [0, 0.05) is 41.9 Å². The van der Waals surface area contributed by atoms with Gasteiger partial charge in [-0.1, -0.05) is 54.6 Å². The van der Waals surface area contributed by atoms with Gasteiger partial charge in [-0.25, -0.2) is 4.79 Å². The van der Waals surface area contributed by atoms with Crippen molar-refractivity contribution < 1.29 is 28.7 Å². The predicted octanol–water partition coefficient (Wildman–Crippen LogP) is 6.25. The first kappa shape index (κ1) is 32.9. The number of benzene rings is 2. The summed E-state index contributed by atoms with van der Waals surface area (Å²) in [6.45, 7) is 7.31. The smallest absolute Gasteiger partial charge is 0.336 e. The van der Waals surface area contributed by atoms with Gasteiger partial charge < -0.3 is 14.2 Å². The number of nitro groups is 1. The highest BCUT2D eigenvalue weighted by molar-refractivity contribution is 6.07. The number of nitro benzene ring substituents is 1. The van der Waals surface area contributed by atoms with Crippen LogP contribution in [0.2, 0.25) is 0 Å². The molecule has 2 heterocycles. The average molecular weight is 612 g/mol. The molecule has 1 aliphatic heterocycles. The van der Waals surface area contributed by atoms with Gasteiger partial charge in [-0.3, -0.25) is 24.9 Å². The van der Waals surface area contributed by atoms with Gasteiger partial charge in [0.15, 0.2) is 0 Å². The van der Waals surface area contributed by atoms with Crippen molar-refractivity contribution in [3.8, 4) is 0 Å². The molecule has 0 radical (unpaired) electrons. The molecule has 3 aromatic rings. The minimum Gasteiger partial charge on any atom is -0.465 e. The minimum atomic E-state index is -0.945. The summed E-state index contributed by atoms with van der Waals surface area (Å²) in [7, 11) is 0. The molecule has 0 saturated carbocycles. The minimum absolute atomic E-state index is 0.132. The van der Waals surface area contributed by atoms with Crippen molar-refractivity contribution in [3.63, 3.8) is 0 Å². The fourth-order valence-electron chi connectivity index (χ4n) is 5.28. The molecule has 0 spiro atoms. The summed E-state index contributed by atoms with van der Waals surface area (Å²) < 4.78 is 16.8. The number of non-ortho nitro benzene ring substituents is 1. The number of hydrogen-bond acceptors (Lipinski definition) is 9. The van der Waals surface area contributed by atoms with E-state index in [4.69, 9.17) is 14.2 Å². The fraction of sp³-hybridized carbons (Fsp3) is 0.314. The Labute approximate surface area is 262 Å². The summed E-state index contributed by atoms with van der Waals surface area (Å²) in [5, 5.41) is 11.5. The van der Waals surface area contributed by atoms with Gasteiger partial charge in [-0.05, 0) is 62.4 Å². The molecule has 45 heavy (non-hydrogen) atoms. The molecular formula is C35H37N3O7. The Balaban J connectivity index is 1.39. The highest BCUT2D eigenvalue weighted by Gasteiger charge is 2.43. The monoisotopic (exact) mass is 611 g/mol. The van der Waals surface area contributed by atoms with E-state index < -0.39 is 34.8 Å². The summed E-state index contributed by atoms with van der Waals surface area (Å²) in [5.74, 6) is -3.06. The molecule has 4 rings (SSSR count). The summed E-state index contributed by atoms with van der Waals surface area (Å²) >= 11 is 0. The van der Waals surface area contributed by atoms with Crippen LogP contribution in [0.5, 0.6) is 0 Å². The highest BCUT2D eigenvalue weighted by Crippen LogP contribution is 2.41. The molecular weight excluding hydrogens is 574 g/mol. The normalized spacial score (nSPS) is 17.1. The molecule has 2 aromatic carbocycles. The molecule has 0 fully saturated rings. The topological polar surface area (TPSA) is 130 Å². The molecule has 3 unspecified atom stereocenters. The zero-order valence-electron chi connectivity index (χ0n) is 25.8. The molecule has 1 aliphatic rings. The third kappa shape index (κ3) is 8.79. The van der Waals surface area contributed by atoms with Crippen LogP contribution in [-0.2, 0) is 30.2 Å². The van der Waals surface area contributed by atoms with Gasteiger partial charge in [0.1, 0.15) is 12.0 Å². The zero-order valence-corrected chi connectivity index (χ0v) is 25.8. The summed E-state index contributed by atoms with van der Waals surface area (Å²) in [6.07, 6.45) is 7.67. The third-order valence-corrected chi connectivity index (χ3v) is 7.32. The number of carbonyl (C=O) groups excluding carboxylic acids is 2. The van der Waals surface area contributed by atoms with E-state index in [0.29, 0.717) is 23.6 Å². The number of allylic oxidation sites excluding steroid dienone is 1. The summed E-state index contributed by atoms with van der Waals surface area (Å²) in [5.41, 5.74) is 4.61. The van der Waals surface area contributed by atoms with Crippen LogP contribution in [0.25, 0.3) is 6.08 Å². The van der Waals surface area contributed by atoms with Crippen LogP contribution in [-0.4, -0.2) is 53.5 Å². The first-order valence-corrected chi connectivity index (χ1v) is 14.8. The Kier molecular flexibility index (Phi) is 11.5. The van der Waals surface area contributed by atoms with Crippen molar-refractivity contribution in [3.05, 3.63) is 123 Å². The Morgan fingerprint density at radius 3 is 2.53 bits per heavy atom. The Hall–Kier alpha value is -4.96. The molecule has 10 nitrogen and oxygen atoms in total. The van der Waals surface area contributed by atoms with Crippen LogP contribution >= 0.6 is 0 Å². The summed E-state index contributed by atoms with van der Waals surface area (Å²) in [4.78, 5) is 46.2. The first-order chi connectivity index (χ1) is 21.7. The van der Waals surface area contributed by atoms with Gasteiger partial charge in [0.05, 0.1) is 30.3 Å². The van der Waals surface area contributed by atoms with Crippen molar-refractivity contribution in [1.29, 1.82) is 0 Å². The van der Waals surface area contributed by atoms with E-state index in [1.807, 2.05) is 36.5 Å². The van der Waals surface area contributed by atoms with E-state index in [1.54, 1.807) is 40.0 Å². The number of nitrogens with zero attached hydrogens (tertiary/aromatic N) is 3. The quantitative estimate of drug-likeness (QED) is 0.0959. The van der Waals surface area contributed by atoms with Crippen molar-refractivity contribution >= 4 is 29.4 Å². The van der Waals surface area contributed by atoms with Crippen LogP contribution in [0, 0.1) is 16.0 Å². The maximum Gasteiger partial charge on any atom is 0.336 e. The second kappa shape index (κ2) is 15.7. The maximum absolute atomic E-state index is 13.6. The molecule has 0 saturated heterocycles. The van der Waals surface area contributed by atoms with E-state index in [0.717, 1.165) is 17.5 Å². The lowest BCUT2D eigenvalue weighted by Crippen LogP contribution is -2.37. The lowest BCUT2D eigenvalue weighted by atomic mass is 9.75. The SMILES string of the molecule is CCOC(=O)C1C(C)=NC(C)=C(C(=O)OC(C)COCC=Cc2ccc(Cc3cccnc3)cc2)C1c1cccc([N+](=O)[O-])c1. The number of esters is 2. The molecule has 3 atom stereocenters. The van der Waals surface area contributed by atoms with Gasteiger partial charge in [0.25, 0.3) is 5.69 Å². The summed E-state index contributed by atoms with van der Waals surface area (Å²) in [6, 6.07) is 18.1. The predicted molar refractivity (Wildman–Crippen MR) is 171 cm³/mol. The molecule has 0 aliphatic carbocycles. The van der Waals surface area contributed by atoms with E-state index in [1.165, 1.54) is 23.8 Å². The van der Waals surface area contributed by atoms with E-state index in [2.05, 4.69) is 28.2 Å². The molecule has 0 bridgehead atoms. The Bertz CT molecular complexity index is 1600. The largest absolute Gasteiger partial charge is 0.465 e. The average Bonchev–Trinajstić information content (AvgIpc) is 3.01. The lowest BCUT2D eigenvalue weighted by molar-refractivity contribution is -0.384. The van der Waals surface area contributed by atoms with Crippen LogP contribution in [0.15, 0.2) is 95.4 Å². The molecule has 10 heteroatoms. The molecule has 0 N–H and O–H groups in total. The maximum atomic E-state index is 13.6. The lowest BCUT2D eigenvalue weighted by Gasteiger charge is -2.32. The van der Waals surface area contributed by atoms with Crippen molar-refractivity contribution in [2.45, 2.75) is 46.1 Å². The number of carbonyl (C=O) groups is 2. The van der Waals surface area contributed by atoms with Crippen LogP contribution < -0.4 is 0 Å². The van der Waals surface area contributed by atoms with E-state index in [-0.39, 0.29) is 24.5 Å². The van der Waals surface area contributed by atoms with Crippen molar-refractivity contribution in [1.82, 2.24) is 4.98 Å². The number of pyridine rings is 1. The van der Waals surface area contributed by atoms with Crippen LogP contribution in [0.4, 0.5) is 5.69 Å². The molecule has 0 amide bonds. The van der Waals surface area contributed by atoms with Gasteiger partial charge in [-0.15, -0.1) is 0 Å². The van der Waals surface area contributed by atoms with Crippen LogP contribution in [0.3, 0.4) is 0 Å². The number of ether oxygens (including phenoxy) is 3. The third-order valence-electron chi connectivity index (χ3n) is 7.32. The van der Waals surface area contributed by atoms with Gasteiger partial charge in [-0.2, -0.15) is 0 Å². The Morgan fingerprint density at radius 2 is 1.84 bits per heavy atom. The number of rotatable bonds is 13. The second-order valence-electron chi connectivity index (χ2n) is 10.7.